The van der Waals surface area contributed by atoms with E-state index in [2.05, 4.69) is 6.92 Å². The van der Waals surface area contributed by atoms with Crippen LogP contribution in [0.1, 0.15) is 32.6 Å². The fourth-order valence-electron chi connectivity index (χ4n) is 2.83. The van der Waals surface area contributed by atoms with Gasteiger partial charge in [-0.05, 0) is 37.5 Å². The van der Waals surface area contributed by atoms with E-state index in [1.807, 2.05) is 0 Å². The summed E-state index contributed by atoms with van der Waals surface area (Å²) in [6, 6.07) is 0.466. The minimum absolute atomic E-state index is 0.466. The van der Waals surface area contributed by atoms with Gasteiger partial charge in [0, 0.05) is 6.04 Å². The second-order valence-corrected chi connectivity index (χ2v) is 4.05. The molecular weight excluding hydrogens is 122 g/mol. The number of hydrogen-bond acceptors (Lipinski definition) is 1. The van der Waals surface area contributed by atoms with Gasteiger partial charge in [0.2, 0.25) is 0 Å². The third-order valence-electron chi connectivity index (χ3n) is 3.33. The largest absolute Gasteiger partial charge is 0.328 e. The fraction of sp³-hybridized carbons (Fsp3) is 1.00. The predicted molar refractivity (Wildman–Crippen MR) is 42.6 cm³/mol. The molecule has 1 nitrogen and oxygen atoms in total. The number of hydrogen-bond donors (Lipinski definition) is 1. The Hall–Kier alpha value is -0.0400. The maximum Gasteiger partial charge on any atom is 0.00442 e. The minimum atomic E-state index is 0.466. The first-order valence-corrected chi connectivity index (χ1v) is 4.56. The van der Waals surface area contributed by atoms with Crippen LogP contribution < -0.4 is 5.73 Å². The van der Waals surface area contributed by atoms with Crippen LogP contribution in [0.2, 0.25) is 0 Å². The van der Waals surface area contributed by atoms with Crippen LogP contribution in [0.3, 0.4) is 0 Å². The molecule has 2 aliphatic rings. The fourth-order valence-corrected chi connectivity index (χ4v) is 2.83. The van der Waals surface area contributed by atoms with Gasteiger partial charge in [-0.25, -0.2) is 0 Å². The van der Waals surface area contributed by atoms with Gasteiger partial charge in [-0.15, -0.1) is 0 Å². The first-order chi connectivity index (χ1) is 4.80. The van der Waals surface area contributed by atoms with Crippen molar-refractivity contribution in [2.75, 3.05) is 0 Å². The quantitative estimate of drug-likeness (QED) is 0.588. The molecule has 0 aromatic carbocycles. The van der Waals surface area contributed by atoms with E-state index in [1.165, 1.54) is 25.7 Å². The SMILES string of the molecule is CC(N)C1[C@H]2CCCC[C@@H]12. The van der Waals surface area contributed by atoms with Gasteiger partial charge in [0.1, 0.15) is 0 Å². The summed E-state index contributed by atoms with van der Waals surface area (Å²) in [7, 11) is 0. The average molecular weight is 139 g/mol. The second kappa shape index (κ2) is 2.23. The highest BCUT2D eigenvalue weighted by molar-refractivity contribution is 5.02. The molecule has 2 N–H and O–H groups in total. The lowest BCUT2D eigenvalue weighted by molar-refractivity contribution is 0.480. The second-order valence-electron chi connectivity index (χ2n) is 4.05. The van der Waals surface area contributed by atoms with Crippen molar-refractivity contribution in [3.63, 3.8) is 0 Å². The minimum Gasteiger partial charge on any atom is -0.328 e. The van der Waals surface area contributed by atoms with Gasteiger partial charge < -0.3 is 5.73 Å². The third-order valence-corrected chi connectivity index (χ3v) is 3.33. The smallest absolute Gasteiger partial charge is 0.00442 e. The molecule has 0 aliphatic heterocycles. The summed E-state index contributed by atoms with van der Waals surface area (Å²) in [4.78, 5) is 0. The summed E-state index contributed by atoms with van der Waals surface area (Å²) < 4.78 is 0. The van der Waals surface area contributed by atoms with Crippen molar-refractivity contribution in [1.82, 2.24) is 0 Å². The maximum absolute atomic E-state index is 5.86. The van der Waals surface area contributed by atoms with Gasteiger partial charge in [-0.1, -0.05) is 12.8 Å². The normalized spacial score (nSPS) is 48.0. The van der Waals surface area contributed by atoms with Gasteiger partial charge in [-0.3, -0.25) is 0 Å². The molecule has 2 rings (SSSR count). The molecule has 2 unspecified atom stereocenters. The van der Waals surface area contributed by atoms with Crippen LogP contribution >= 0.6 is 0 Å². The zero-order chi connectivity index (χ0) is 7.14. The van der Waals surface area contributed by atoms with E-state index in [-0.39, 0.29) is 0 Å². The van der Waals surface area contributed by atoms with Gasteiger partial charge in [0.25, 0.3) is 0 Å². The van der Waals surface area contributed by atoms with Gasteiger partial charge >= 0.3 is 0 Å². The molecule has 0 aromatic rings. The Kier molecular flexibility index (Phi) is 1.48. The summed E-state index contributed by atoms with van der Waals surface area (Å²) in [6.07, 6.45) is 5.86. The first-order valence-electron chi connectivity index (χ1n) is 4.56. The Bertz CT molecular complexity index is 119. The molecule has 0 amide bonds. The summed E-state index contributed by atoms with van der Waals surface area (Å²) in [5, 5.41) is 0. The molecule has 0 radical (unpaired) electrons. The van der Waals surface area contributed by atoms with Gasteiger partial charge in [0.15, 0.2) is 0 Å². The lowest BCUT2D eigenvalue weighted by atomic mass is 10.0. The van der Waals surface area contributed by atoms with Crippen LogP contribution in [-0.4, -0.2) is 6.04 Å². The Labute approximate surface area is 63.0 Å². The number of nitrogens with two attached hydrogens (primary N) is 1. The topological polar surface area (TPSA) is 26.0 Å². The molecule has 2 saturated carbocycles. The highest BCUT2D eigenvalue weighted by Crippen LogP contribution is 2.56. The van der Waals surface area contributed by atoms with Crippen LogP contribution in [0.25, 0.3) is 0 Å². The van der Waals surface area contributed by atoms with Crippen molar-refractivity contribution < 1.29 is 0 Å². The Balaban J connectivity index is 1.93. The van der Waals surface area contributed by atoms with Crippen LogP contribution in [0, 0.1) is 17.8 Å². The maximum atomic E-state index is 5.86. The van der Waals surface area contributed by atoms with Crippen LogP contribution in [0.5, 0.6) is 0 Å². The van der Waals surface area contributed by atoms with Gasteiger partial charge in [0.05, 0.1) is 0 Å². The lowest BCUT2D eigenvalue weighted by Crippen LogP contribution is -2.18. The van der Waals surface area contributed by atoms with Crippen LogP contribution in [0.15, 0.2) is 0 Å². The molecule has 58 valence electrons. The van der Waals surface area contributed by atoms with E-state index < -0.39 is 0 Å². The summed E-state index contributed by atoms with van der Waals surface area (Å²) in [6.45, 7) is 2.17. The zero-order valence-electron chi connectivity index (χ0n) is 6.72. The monoisotopic (exact) mass is 139 g/mol. The molecular formula is C9H17N. The lowest BCUT2D eigenvalue weighted by Gasteiger charge is -2.04. The Morgan fingerprint density at radius 1 is 1.20 bits per heavy atom. The zero-order valence-corrected chi connectivity index (χ0v) is 6.72. The van der Waals surface area contributed by atoms with E-state index in [9.17, 15) is 0 Å². The van der Waals surface area contributed by atoms with Crippen molar-refractivity contribution >= 4 is 0 Å². The molecule has 2 aliphatic carbocycles. The average Bonchev–Trinajstić information content (AvgIpc) is 2.60. The Morgan fingerprint density at radius 2 is 1.70 bits per heavy atom. The molecule has 0 aromatic heterocycles. The number of fused-ring (bicyclic) bond motifs is 1. The standard InChI is InChI=1S/C9H17N/c1-6(10)9-7-4-2-3-5-8(7)9/h6-9H,2-5,10H2,1H3/t6?,7-,8+,9?. The van der Waals surface area contributed by atoms with Crippen molar-refractivity contribution in [3.05, 3.63) is 0 Å². The van der Waals surface area contributed by atoms with Crippen LogP contribution in [-0.2, 0) is 0 Å². The highest BCUT2D eigenvalue weighted by Gasteiger charge is 2.51. The third kappa shape index (κ3) is 0.878. The molecule has 1 heteroatoms. The Morgan fingerprint density at radius 3 is 2.10 bits per heavy atom. The molecule has 0 bridgehead atoms. The van der Waals surface area contributed by atoms with Crippen molar-refractivity contribution in [2.24, 2.45) is 23.5 Å². The molecule has 0 saturated heterocycles. The summed E-state index contributed by atoms with van der Waals surface area (Å²) in [5.74, 6) is 2.98. The summed E-state index contributed by atoms with van der Waals surface area (Å²) in [5.41, 5.74) is 5.86. The van der Waals surface area contributed by atoms with Crippen LogP contribution in [0.4, 0.5) is 0 Å². The van der Waals surface area contributed by atoms with Crippen molar-refractivity contribution in [3.8, 4) is 0 Å². The van der Waals surface area contributed by atoms with Crippen molar-refractivity contribution in [2.45, 2.75) is 38.6 Å². The highest BCUT2D eigenvalue weighted by atomic mass is 14.7. The molecule has 0 spiro atoms. The molecule has 0 heterocycles. The van der Waals surface area contributed by atoms with Crippen molar-refractivity contribution in [1.29, 1.82) is 0 Å². The van der Waals surface area contributed by atoms with E-state index in [0.29, 0.717) is 6.04 Å². The first kappa shape index (κ1) is 6.66. The van der Waals surface area contributed by atoms with E-state index >= 15 is 0 Å². The molecule has 4 atom stereocenters. The number of rotatable bonds is 1. The van der Waals surface area contributed by atoms with E-state index in [1.54, 1.807) is 0 Å². The molecule has 10 heavy (non-hydrogen) atoms. The van der Waals surface area contributed by atoms with E-state index in [4.69, 9.17) is 5.73 Å². The van der Waals surface area contributed by atoms with E-state index in [0.717, 1.165) is 17.8 Å². The predicted octanol–water partition coefficient (Wildman–Crippen LogP) is 1.77. The summed E-state index contributed by atoms with van der Waals surface area (Å²) >= 11 is 0. The van der Waals surface area contributed by atoms with Gasteiger partial charge in [-0.2, -0.15) is 0 Å². The molecule has 2 fully saturated rings.